The molecule has 0 rings (SSSR count). The largest absolute Gasteiger partial charge is 1.00 e. The van der Waals surface area contributed by atoms with E-state index in [0.29, 0.717) is 0 Å². The molecule has 0 aromatic rings. The van der Waals surface area contributed by atoms with Crippen LogP contribution in [-0.2, 0) is 4.79 Å². The average Bonchev–Trinajstić information content (AvgIpc) is 1.38. The summed E-state index contributed by atoms with van der Waals surface area (Å²) >= 11 is 0. The minimum Gasteiger partial charge on any atom is -0.534 e. The van der Waals surface area contributed by atoms with Gasteiger partial charge in [-0.15, -0.1) is 0 Å². The van der Waals surface area contributed by atoms with Crippen molar-refractivity contribution in [1.82, 2.24) is 0 Å². The van der Waals surface area contributed by atoms with E-state index in [4.69, 9.17) is 5.21 Å². The first-order chi connectivity index (χ1) is 2.27. The molecule has 0 aromatic carbocycles. The Hall–Kier alpha value is 1.24. The normalized spacial score (nSPS) is 5.67. The van der Waals surface area contributed by atoms with Crippen molar-refractivity contribution >= 4 is 5.91 Å². The Morgan fingerprint density at radius 2 is 2.00 bits per heavy atom. The number of hydroxylamine groups is 1. The molecule has 0 bridgehead atoms. The van der Waals surface area contributed by atoms with Crippen LogP contribution in [0.25, 0.3) is 5.48 Å². The van der Waals surface area contributed by atoms with Gasteiger partial charge in [-0.2, -0.15) is 0 Å². The minimum absolute atomic E-state index is 0. The Morgan fingerprint density at radius 3 is 2.00 bits per heavy atom. The Bertz CT molecular complexity index is 46.8. The van der Waals surface area contributed by atoms with Crippen molar-refractivity contribution in [2.24, 2.45) is 0 Å². The zero-order chi connectivity index (χ0) is 4.28. The van der Waals surface area contributed by atoms with Crippen molar-refractivity contribution < 1.29 is 68.2 Å². The van der Waals surface area contributed by atoms with Crippen molar-refractivity contribution in [1.29, 1.82) is 0 Å². The van der Waals surface area contributed by atoms with Gasteiger partial charge in [-0.1, -0.05) is 0 Å². The van der Waals surface area contributed by atoms with E-state index >= 15 is 0 Å². The Balaban J connectivity index is 0. The summed E-state index contributed by atoms with van der Waals surface area (Å²) in [6.45, 7) is 1.17. The fraction of sp³-hybridized carbons (Fsp3) is 0.500. The maximum absolute atomic E-state index is 9.40. The summed E-state index contributed by atoms with van der Waals surface area (Å²) in [5.74, 6) is -0.565. The molecule has 30 valence electrons. The van der Waals surface area contributed by atoms with E-state index in [2.05, 4.69) is 5.48 Å². The third-order valence-electron chi connectivity index (χ3n) is 0.141. The quantitative estimate of drug-likeness (QED) is 0.309. The Labute approximate surface area is 84.9 Å². The molecule has 0 atom stereocenters. The smallest absolute Gasteiger partial charge is 0.534 e. The number of rotatable bonds is 0. The second-order valence-corrected chi connectivity index (χ2v) is 0.619. The summed E-state index contributed by atoms with van der Waals surface area (Å²) in [5.41, 5.74) is 2.25. The molecule has 0 saturated carbocycles. The van der Waals surface area contributed by atoms with Crippen LogP contribution in [0.5, 0.6) is 0 Å². The van der Waals surface area contributed by atoms with E-state index in [9.17, 15) is 4.79 Å². The molecule has 0 aromatic heterocycles. The van der Waals surface area contributed by atoms with Crippen LogP contribution in [0, 0.1) is 0 Å². The third kappa shape index (κ3) is 8.97. The van der Waals surface area contributed by atoms with Crippen molar-refractivity contribution in [2.75, 3.05) is 0 Å². The molecule has 0 spiro atoms. The molecular weight excluding hydrogens is 155 g/mol. The van der Waals surface area contributed by atoms with Gasteiger partial charge >= 0.3 is 58.2 Å². The van der Waals surface area contributed by atoms with Gasteiger partial charge in [0.15, 0.2) is 0 Å². The monoisotopic (exact) mass is 159 g/mol. The summed E-state index contributed by atoms with van der Waals surface area (Å²) < 4.78 is 0. The van der Waals surface area contributed by atoms with Gasteiger partial charge < -0.3 is 15.5 Å². The van der Waals surface area contributed by atoms with Crippen LogP contribution < -0.4 is 58.2 Å². The molecular formula is C2H4NO2Rb. The van der Waals surface area contributed by atoms with Gasteiger partial charge in [-0.25, -0.2) is 0 Å². The molecule has 0 radical (unpaired) electrons. The van der Waals surface area contributed by atoms with Gasteiger partial charge in [0.2, 0.25) is 0 Å². The van der Waals surface area contributed by atoms with Crippen LogP contribution in [-0.4, -0.2) is 11.1 Å². The Morgan fingerprint density at radius 1 is 1.83 bits per heavy atom. The topological polar surface area (TPSA) is 51.4 Å². The fourth-order valence-corrected chi connectivity index (χ4v) is 0. The average molecular weight is 160 g/mol. The summed E-state index contributed by atoms with van der Waals surface area (Å²) in [6, 6.07) is 0. The van der Waals surface area contributed by atoms with E-state index in [0.717, 1.165) is 0 Å². The van der Waals surface area contributed by atoms with Crippen molar-refractivity contribution in [3.63, 3.8) is 0 Å². The molecule has 0 fully saturated rings. The van der Waals surface area contributed by atoms with Crippen molar-refractivity contribution in [3.8, 4) is 0 Å². The van der Waals surface area contributed by atoms with E-state index in [1.54, 1.807) is 0 Å². The molecule has 0 heterocycles. The van der Waals surface area contributed by atoms with Crippen LogP contribution in [0.15, 0.2) is 0 Å². The first-order valence-corrected chi connectivity index (χ1v) is 1.13. The van der Waals surface area contributed by atoms with Gasteiger partial charge in [0, 0.05) is 0 Å². The molecule has 0 saturated heterocycles. The van der Waals surface area contributed by atoms with Crippen LogP contribution in [0.3, 0.4) is 0 Å². The predicted molar refractivity (Wildman–Crippen MR) is 15.8 cm³/mol. The van der Waals surface area contributed by atoms with Crippen LogP contribution >= 0.6 is 0 Å². The first-order valence-electron chi connectivity index (χ1n) is 1.13. The number of amides is 1. The molecule has 4 heteroatoms. The molecule has 0 aliphatic rings. The second kappa shape index (κ2) is 6.24. The Kier molecular flexibility index (Phi) is 10.7. The van der Waals surface area contributed by atoms with E-state index in [-0.39, 0.29) is 58.2 Å². The van der Waals surface area contributed by atoms with Crippen molar-refractivity contribution in [3.05, 3.63) is 5.48 Å². The standard InChI is InChI=1S/C2H5NO2.Rb/c1-2(4)3-5;/h1H3,(H2,3,4,5);/q;+1/p-1. The molecule has 1 N–H and O–H groups in total. The number of hydrogen-bond donors (Lipinski definition) is 1. The molecule has 0 aliphatic heterocycles. The molecule has 0 unspecified atom stereocenters. The van der Waals surface area contributed by atoms with E-state index in [1.807, 2.05) is 0 Å². The van der Waals surface area contributed by atoms with Gasteiger partial charge in [-0.05, 0) is 6.92 Å². The SMILES string of the molecule is CC(=O)[N-]O.[Rb+]. The summed E-state index contributed by atoms with van der Waals surface area (Å²) in [7, 11) is 0. The number of carbonyl (C=O) groups is 1. The third-order valence-corrected chi connectivity index (χ3v) is 0.141. The van der Waals surface area contributed by atoms with Crippen LogP contribution in [0.1, 0.15) is 6.92 Å². The van der Waals surface area contributed by atoms with Crippen LogP contribution in [0.4, 0.5) is 0 Å². The maximum atomic E-state index is 9.40. The van der Waals surface area contributed by atoms with Crippen molar-refractivity contribution in [2.45, 2.75) is 6.92 Å². The predicted octanol–water partition coefficient (Wildman–Crippen LogP) is -2.70. The van der Waals surface area contributed by atoms with Gasteiger partial charge in [0.25, 0.3) is 0 Å². The minimum atomic E-state index is -0.565. The molecule has 1 amide bonds. The van der Waals surface area contributed by atoms with E-state index < -0.39 is 5.91 Å². The number of carbonyl (C=O) groups excluding carboxylic acids is 1. The second-order valence-electron chi connectivity index (χ2n) is 0.619. The zero-order valence-corrected chi connectivity index (χ0v) is 8.72. The fourth-order valence-electron chi connectivity index (χ4n) is 0. The molecule has 3 nitrogen and oxygen atoms in total. The van der Waals surface area contributed by atoms with Gasteiger partial charge in [0.05, 0.1) is 5.91 Å². The van der Waals surface area contributed by atoms with E-state index in [1.165, 1.54) is 6.92 Å². The summed E-state index contributed by atoms with van der Waals surface area (Å²) in [4.78, 5) is 9.40. The van der Waals surface area contributed by atoms with Crippen LogP contribution in [0.2, 0.25) is 0 Å². The maximum Gasteiger partial charge on any atom is 1.00 e. The molecule has 6 heavy (non-hydrogen) atoms. The molecule has 0 aliphatic carbocycles. The van der Waals surface area contributed by atoms with Gasteiger partial charge in [-0.3, -0.25) is 0 Å². The zero-order valence-electron chi connectivity index (χ0n) is 3.80. The number of hydrogen-bond acceptors (Lipinski definition) is 2. The van der Waals surface area contributed by atoms with Gasteiger partial charge in [0.1, 0.15) is 0 Å². The number of nitrogens with zero attached hydrogens (tertiary/aromatic N) is 1. The summed E-state index contributed by atoms with van der Waals surface area (Å²) in [5, 5.41) is 7.42. The first kappa shape index (κ1) is 10.3. The summed E-state index contributed by atoms with van der Waals surface area (Å²) in [6.07, 6.45) is 0.